The quantitative estimate of drug-likeness (QED) is 0.573. The Hall–Kier alpha value is -0.160. The van der Waals surface area contributed by atoms with Gasteiger partial charge in [0.15, 0.2) is 0 Å². The molecule has 4 atom stereocenters. The topological polar surface area (TPSA) is 70.5 Å². The van der Waals surface area contributed by atoms with E-state index in [2.05, 4.69) is 13.8 Å². The van der Waals surface area contributed by atoms with Crippen molar-refractivity contribution in [1.82, 2.24) is 0 Å². The second-order valence-electron chi connectivity index (χ2n) is 5.67. The lowest BCUT2D eigenvalue weighted by Crippen LogP contribution is -2.33. The predicted molar refractivity (Wildman–Crippen MR) is 81.2 cm³/mol. The van der Waals surface area contributed by atoms with Crippen LogP contribution < -0.4 is 11.5 Å². The first-order chi connectivity index (χ1) is 9.01. The summed E-state index contributed by atoms with van der Waals surface area (Å²) in [6, 6.07) is 0.184. The number of hydrogen-bond acceptors (Lipinski definition) is 4. The number of nitrogens with two attached hydrogens (primary N) is 2. The molecule has 0 saturated carbocycles. The second kappa shape index (κ2) is 11.6. The number of hydrogen-bond donors (Lipinski definition) is 2. The minimum absolute atomic E-state index is 0.0895. The molecule has 0 rings (SSSR count). The zero-order valence-electron chi connectivity index (χ0n) is 13.2. The van der Waals surface area contributed by atoms with Gasteiger partial charge in [0.05, 0.1) is 25.9 Å². The smallest absolute Gasteiger partial charge is 0.0625 e. The Kier molecular flexibility index (Phi) is 11.6. The van der Waals surface area contributed by atoms with Crippen LogP contribution in [0.15, 0.2) is 0 Å². The molecular formula is C15H34N2O2. The molecule has 4 N–H and O–H groups in total. The average molecular weight is 274 g/mol. The molecule has 0 aromatic rings. The maximum Gasteiger partial charge on any atom is 0.0625 e. The van der Waals surface area contributed by atoms with Crippen LogP contribution in [-0.2, 0) is 9.47 Å². The molecule has 4 heteroatoms. The summed E-state index contributed by atoms with van der Waals surface area (Å²) in [6.45, 7) is 10.3. The van der Waals surface area contributed by atoms with E-state index in [-0.39, 0.29) is 18.2 Å². The Morgan fingerprint density at radius 1 is 0.947 bits per heavy atom. The number of ether oxygens (including phenoxy) is 2. The molecule has 0 spiro atoms. The average Bonchev–Trinajstić information content (AvgIpc) is 2.35. The van der Waals surface area contributed by atoms with E-state index in [1.165, 1.54) is 12.8 Å². The van der Waals surface area contributed by atoms with Gasteiger partial charge >= 0.3 is 0 Å². The molecule has 19 heavy (non-hydrogen) atoms. The third kappa shape index (κ3) is 10.3. The first-order valence-corrected chi connectivity index (χ1v) is 7.71. The van der Waals surface area contributed by atoms with E-state index in [1.807, 2.05) is 13.8 Å². The molecular weight excluding hydrogens is 240 g/mol. The van der Waals surface area contributed by atoms with E-state index < -0.39 is 0 Å². The molecule has 0 aromatic heterocycles. The Bertz CT molecular complexity index is 199. The summed E-state index contributed by atoms with van der Waals surface area (Å²) in [5.74, 6) is 0.434. The Labute approximate surface area is 119 Å². The van der Waals surface area contributed by atoms with Gasteiger partial charge in [0, 0.05) is 18.0 Å². The van der Waals surface area contributed by atoms with Crippen LogP contribution in [0.1, 0.15) is 53.4 Å². The van der Waals surface area contributed by atoms with Gasteiger partial charge in [0.2, 0.25) is 0 Å². The monoisotopic (exact) mass is 274 g/mol. The standard InChI is InChI=1S/C15H34N2O2/c1-5-7-8-15(19-10-13(4)17)14(6-2)11-18-9-12(3)16/h12-15H,5-11,16-17H2,1-4H3. The van der Waals surface area contributed by atoms with Crippen molar-refractivity contribution in [2.24, 2.45) is 17.4 Å². The van der Waals surface area contributed by atoms with Crippen molar-refractivity contribution < 1.29 is 9.47 Å². The van der Waals surface area contributed by atoms with Gasteiger partial charge in [-0.05, 0) is 26.7 Å². The van der Waals surface area contributed by atoms with Crippen LogP contribution in [0, 0.1) is 5.92 Å². The Morgan fingerprint density at radius 2 is 1.58 bits per heavy atom. The largest absolute Gasteiger partial charge is 0.379 e. The highest BCUT2D eigenvalue weighted by Gasteiger charge is 2.21. The van der Waals surface area contributed by atoms with Crippen molar-refractivity contribution in [3.63, 3.8) is 0 Å². The first kappa shape index (κ1) is 18.8. The van der Waals surface area contributed by atoms with Crippen LogP contribution >= 0.6 is 0 Å². The summed E-state index contributed by atoms with van der Waals surface area (Å²) < 4.78 is 11.7. The van der Waals surface area contributed by atoms with Crippen molar-refractivity contribution in [2.45, 2.75) is 71.6 Å². The normalized spacial score (nSPS) is 18.0. The van der Waals surface area contributed by atoms with Gasteiger partial charge in [0.25, 0.3) is 0 Å². The molecule has 0 saturated heterocycles. The van der Waals surface area contributed by atoms with Crippen molar-refractivity contribution in [1.29, 1.82) is 0 Å². The van der Waals surface area contributed by atoms with E-state index in [1.54, 1.807) is 0 Å². The molecule has 0 bridgehead atoms. The highest BCUT2D eigenvalue weighted by Crippen LogP contribution is 2.19. The van der Waals surface area contributed by atoms with Gasteiger partial charge in [-0.25, -0.2) is 0 Å². The van der Waals surface area contributed by atoms with E-state index >= 15 is 0 Å². The summed E-state index contributed by atoms with van der Waals surface area (Å²) in [5, 5.41) is 0. The maximum absolute atomic E-state index is 5.98. The fraction of sp³-hybridized carbons (Fsp3) is 1.00. The molecule has 0 amide bonds. The SMILES string of the molecule is CCCCC(OCC(C)N)C(CC)COCC(C)N. The molecule has 0 aliphatic carbocycles. The zero-order chi connectivity index (χ0) is 14.7. The Morgan fingerprint density at radius 3 is 2.05 bits per heavy atom. The van der Waals surface area contributed by atoms with Gasteiger partial charge in [-0.1, -0.05) is 26.7 Å². The van der Waals surface area contributed by atoms with Crippen molar-refractivity contribution in [2.75, 3.05) is 19.8 Å². The maximum atomic E-state index is 5.98. The van der Waals surface area contributed by atoms with Gasteiger partial charge in [-0.3, -0.25) is 0 Å². The van der Waals surface area contributed by atoms with Crippen LogP contribution in [0.4, 0.5) is 0 Å². The van der Waals surface area contributed by atoms with Gasteiger partial charge in [-0.15, -0.1) is 0 Å². The van der Waals surface area contributed by atoms with Crippen LogP contribution in [0.5, 0.6) is 0 Å². The lowest BCUT2D eigenvalue weighted by molar-refractivity contribution is -0.0334. The van der Waals surface area contributed by atoms with E-state index in [0.29, 0.717) is 19.1 Å². The lowest BCUT2D eigenvalue weighted by atomic mass is 9.95. The molecule has 0 heterocycles. The van der Waals surface area contributed by atoms with Crippen LogP contribution in [0.2, 0.25) is 0 Å². The second-order valence-corrected chi connectivity index (χ2v) is 5.67. The van der Waals surface area contributed by atoms with Gasteiger partial charge in [0.1, 0.15) is 0 Å². The molecule has 0 aliphatic heterocycles. The lowest BCUT2D eigenvalue weighted by Gasteiger charge is -2.27. The summed E-state index contributed by atoms with van der Waals surface area (Å²) in [5.41, 5.74) is 11.5. The third-order valence-electron chi connectivity index (χ3n) is 3.18. The number of unbranched alkanes of at least 4 members (excludes halogenated alkanes) is 1. The predicted octanol–water partition coefficient (Wildman–Crippen LogP) is 2.30. The van der Waals surface area contributed by atoms with E-state index in [4.69, 9.17) is 20.9 Å². The van der Waals surface area contributed by atoms with Gasteiger partial charge < -0.3 is 20.9 Å². The Balaban J connectivity index is 4.22. The molecule has 0 aromatic carbocycles. The van der Waals surface area contributed by atoms with Crippen LogP contribution in [0.3, 0.4) is 0 Å². The summed E-state index contributed by atoms with van der Waals surface area (Å²) in [6.07, 6.45) is 4.78. The zero-order valence-corrected chi connectivity index (χ0v) is 13.2. The highest BCUT2D eigenvalue weighted by atomic mass is 16.5. The molecule has 0 fully saturated rings. The fourth-order valence-electron chi connectivity index (χ4n) is 2.03. The first-order valence-electron chi connectivity index (χ1n) is 7.71. The van der Waals surface area contributed by atoms with Gasteiger partial charge in [-0.2, -0.15) is 0 Å². The molecule has 4 unspecified atom stereocenters. The highest BCUT2D eigenvalue weighted by molar-refractivity contribution is 4.71. The minimum atomic E-state index is 0.0895. The minimum Gasteiger partial charge on any atom is -0.379 e. The fourth-order valence-corrected chi connectivity index (χ4v) is 2.03. The molecule has 0 aliphatic rings. The van der Waals surface area contributed by atoms with Crippen LogP contribution in [0.25, 0.3) is 0 Å². The third-order valence-corrected chi connectivity index (χ3v) is 3.18. The van der Waals surface area contributed by atoms with E-state index in [9.17, 15) is 0 Å². The van der Waals surface area contributed by atoms with E-state index in [0.717, 1.165) is 19.4 Å². The molecule has 0 radical (unpaired) electrons. The van der Waals surface area contributed by atoms with Crippen molar-refractivity contribution >= 4 is 0 Å². The summed E-state index contributed by atoms with van der Waals surface area (Å²) in [7, 11) is 0. The summed E-state index contributed by atoms with van der Waals surface area (Å²) >= 11 is 0. The van der Waals surface area contributed by atoms with Crippen LogP contribution in [-0.4, -0.2) is 38.0 Å². The molecule has 116 valence electrons. The van der Waals surface area contributed by atoms with Crippen molar-refractivity contribution in [3.8, 4) is 0 Å². The number of rotatable bonds is 12. The van der Waals surface area contributed by atoms with Crippen molar-refractivity contribution in [3.05, 3.63) is 0 Å². The molecule has 4 nitrogen and oxygen atoms in total. The summed E-state index contributed by atoms with van der Waals surface area (Å²) in [4.78, 5) is 0.